The first kappa shape index (κ1) is 21.5. The molecule has 2 rings (SSSR count). The number of aromatic nitrogens is 2. The molecule has 2 aromatic rings. The number of benzene rings is 1. The van der Waals surface area contributed by atoms with Gasteiger partial charge in [-0.1, -0.05) is 66.5 Å². The number of nitrogens with zero attached hydrogens (tertiary/aromatic N) is 2. The SMILES string of the molecule is C=CCCC(=C)/C=C/c1nnc(-c2ccc(COCCOC(=O)C=C)cc2)s1. The van der Waals surface area contributed by atoms with Crippen LogP contribution in [-0.2, 0) is 20.9 Å². The molecular weight excluding hydrogens is 372 g/mol. The minimum absolute atomic E-state index is 0.212. The molecule has 28 heavy (non-hydrogen) atoms. The molecule has 0 aliphatic carbocycles. The molecule has 146 valence electrons. The highest BCUT2D eigenvalue weighted by molar-refractivity contribution is 7.15. The summed E-state index contributed by atoms with van der Waals surface area (Å²) in [7, 11) is 0. The normalized spacial score (nSPS) is 10.7. The Labute approximate surface area is 169 Å². The van der Waals surface area contributed by atoms with E-state index in [4.69, 9.17) is 9.47 Å². The molecule has 0 aliphatic heterocycles. The number of rotatable bonds is 12. The number of ether oxygens (including phenoxy) is 2. The molecule has 0 radical (unpaired) electrons. The maximum atomic E-state index is 10.9. The van der Waals surface area contributed by atoms with Crippen LogP contribution in [0.4, 0.5) is 0 Å². The Morgan fingerprint density at radius 2 is 1.93 bits per heavy atom. The smallest absolute Gasteiger partial charge is 0.330 e. The summed E-state index contributed by atoms with van der Waals surface area (Å²) in [5, 5.41) is 10.2. The lowest BCUT2D eigenvalue weighted by atomic mass is 10.1. The molecule has 1 aromatic carbocycles. The average molecular weight is 397 g/mol. The van der Waals surface area contributed by atoms with Gasteiger partial charge in [0.1, 0.15) is 16.6 Å². The van der Waals surface area contributed by atoms with Crippen LogP contribution in [0, 0.1) is 0 Å². The number of hydrogen-bond acceptors (Lipinski definition) is 6. The van der Waals surface area contributed by atoms with E-state index < -0.39 is 5.97 Å². The summed E-state index contributed by atoms with van der Waals surface area (Å²) in [6.45, 7) is 12.1. The van der Waals surface area contributed by atoms with E-state index in [0.29, 0.717) is 13.2 Å². The molecule has 0 unspecified atom stereocenters. The van der Waals surface area contributed by atoms with Crippen molar-refractivity contribution < 1.29 is 14.3 Å². The van der Waals surface area contributed by atoms with Gasteiger partial charge in [-0.15, -0.1) is 16.8 Å². The van der Waals surface area contributed by atoms with Gasteiger partial charge in [-0.3, -0.25) is 0 Å². The second kappa shape index (κ2) is 11.8. The third kappa shape index (κ3) is 7.42. The van der Waals surface area contributed by atoms with Gasteiger partial charge in [-0.2, -0.15) is 0 Å². The molecule has 0 N–H and O–H groups in total. The molecule has 0 atom stereocenters. The van der Waals surface area contributed by atoms with Crippen molar-refractivity contribution in [3.63, 3.8) is 0 Å². The van der Waals surface area contributed by atoms with Crippen molar-refractivity contribution in [3.8, 4) is 10.6 Å². The molecule has 0 aliphatic rings. The zero-order chi connectivity index (χ0) is 20.2. The van der Waals surface area contributed by atoms with Crippen LogP contribution in [0.2, 0.25) is 0 Å². The fraction of sp³-hybridized carbons (Fsp3) is 0.227. The van der Waals surface area contributed by atoms with Gasteiger partial charge in [0.05, 0.1) is 13.2 Å². The first-order valence-electron chi connectivity index (χ1n) is 8.89. The maximum absolute atomic E-state index is 10.9. The van der Waals surface area contributed by atoms with Crippen LogP contribution in [0.3, 0.4) is 0 Å². The minimum atomic E-state index is -0.444. The second-order valence-corrected chi connectivity index (χ2v) is 6.89. The first-order valence-corrected chi connectivity index (χ1v) is 9.70. The Kier molecular flexibility index (Phi) is 9.04. The molecule has 0 spiro atoms. The van der Waals surface area contributed by atoms with Crippen LogP contribution in [0.1, 0.15) is 23.4 Å². The quantitative estimate of drug-likeness (QED) is 0.166. The molecule has 1 aromatic heterocycles. The summed E-state index contributed by atoms with van der Waals surface area (Å²) in [6.07, 6.45) is 8.74. The summed E-state index contributed by atoms with van der Waals surface area (Å²) >= 11 is 1.53. The summed E-state index contributed by atoms with van der Waals surface area (Å²) in [5.74, 6) is -0.444. The number of hydrogen-bond donors (Lipinski definition) is 0. The van der Waals surface area contributed by atoms with Gasteiger partial charge in [0.2, 0.25) is 0 Å². The van der Waals surface area contributed by atoms with E-state index in [1.54, 1.807) is 0 Å². The molecule has 6 heteroatoms. The third-order valence-corrected chi connectivity index (χ3v) is 4.62. The molecular formula is C22H24N2O3S. The van der Waals surface area contributed by atoms with Gasteiger partial charge in [0.25, 0.3) is 0 Å². The zero-order valence-electron chi connectivity index (χ0n) is 15.8. The van der Waals surface area contributed by atoms with E-state index in [2.05, 4.69) is 29.9 Å². The van der Waals surface area contributed by atoms with E-state index in [9.17, 15) is 4.79 Å². The van der Waals surface area contributed by atoms with E-state index in [1.165, 1.54) is 11.3 Å². The first-order chi connectivity index (χ1) is 13.6. The Morgan fingerprint density at radius 3 is 2.64 bits per heavy atom. The van der Waals surface area contributed by atoms with Crippen molar-refractivity contribution >= 4 is 23.4 Å². The van der Waals surface area contributed by atoms with Crippen LogP contribution >= 0.6 is 11.3 Å². The van der Waals surface area contributed by atoms with Gasteiger partial charge in [0, 0.05) is 11.6 Å². The van der Waals surface area contributed by atoms with Crippen molar-refractivity contribution in [2.24, 2.45) is 0 Å². The predicted molar refractivity (Wildman–Crippen MR) is 114 cm³/mol. The lowest BCUT2D eigenvalue weighted by Crippen LogP contribution is -2.08. The monoisotopic (exact) mass is 396 g/mol. The predicted octanol–water partition coefficient (Wildman–Crippen LogP) is 4.99. The van der Waals surface area contributed by atoms with Crippen molar-refractivity contribution in [2.45, 2.75) is 19.4 Å². The molecule has 5 nitrogen and oxygen atoms in total. The van der Waals surface area contributed by atoms with Gasteiger partial charge >= 0.3 is 5.97 Å². The van der Waals surface area contributed by atoms with Gasteiger partial charge in [0.15, 0.2) is 0 Å². The van der Waals surface area contributed by atoms with Crippen molar-refractivity contribution in [2.75, 3.05) is 13.2 Å². The van der Waals surface area contributed by atoms with Gasteiger partial charge < -0.3 is 9.47 Å². The number of esters is 1. The van der Waals surface area contributed by atoms with E-state index >= 15 is 0 Å². The zero-order valence-corrected chi connectivity index (χ0v) is 16.6. The minimum Gasteiger partial charge on any atom is -0.460 e. The Bertz CT molecular complexity index is 838. The lowest BCUT2D eigenvalue weighted by molar-refractivity contribution is -0.139. The summed E-state index contributed by atoms with van der Waals surface area (Å²) < 4.78 is 10.3. The van der Waals surface area contributed by atoms with Gasteiger partial charge in [-0.25, -0.2) is 4.79 Å². The largest absolute Gasteiger partial charge is 0.460 e. The maximum Gasteiger partial charge on any atom is 0.330 e. The molecule has 0 saturated heterocycles. The van der Waals surface area contributed by atoms with E-state index in [1.807, 2.05) is 42.5 Å². The van der Waals surface area contributed by atoms with Crippen LogP contribution < -0.4 is 0 Å². The number of carbonyl (C=O) groups is 1. The summed E-state index contributed by atoms with van der Waals surface area (Å²) in [5.41, 5.74) is 3.08. The highest BCUT2D eigenvalue weighted by atomic mass is 32.1. The molecule has 0 bridgehead atoms. The van der Waals surface area contributed by atoms with Crippen LogP contribution in [0.25, 0.3) is 16.6 Å². The van der Waals surface area contributed by atoms with Crippen molar-refractivity contribution in [1.29, 1.82) is 0 Å². The summed E-state index contributed by atoms with van der Waals surface area (Å²) in [6, 6.07) is 7.96. The third-order valence-electron chi connectivity index (χ3n) is 3.68. The van der Waals surface area contributed by atoms with Crippen LogP contribution in [0.15, 0.2) is 67.8 Å². The summed E-state index contributed by atoms with van der Waals surface area (Å²) in [4.78, 5) is 10.9. The van der Waals surface area contributed by atoms with E-state index in [0.717, 1.165) is 45.6 Å². The Hall–Kier alpha value is -2.83. The second-order valence-electron chi connectivity index (χ2n) is 5.89. The number of carbonyl (C=O) groups excluding carboxylic acids is 1. The van der Waals surface area contributed by atoms with Gasteiger partial charge in [-0.05, 0) is 24.5 Å². The molecule has 1 heterocycles. The Balaban J connectivity index is 1.83. The molecule has 0 amide bonds. The highest BCUT2D eigenvalue weighted by Crippen LogP contribution is 2.25. The van der Waals surface area contributed by atoms with Crippen molar-refractivity contribution in [1.82, 2.24) is 10.2 Å². The van der Waals surface area contributed by atoms with Crippen LogP contribution in [0.5, 0.6) is 0 Å². The van der Waals surface area contributed by atoms with Crippen LogP contribution in [-0.4, -0.2) is 29.4 Å². The molecule has 0 fully saturated rings. The average Bonchev–Trinajstić information content (AvgIpc) is 3.19. The lowest BCUT2D eigenvalue weighted by Gasteiger charge is -2.05. The number of allylic oxidation sites excluding steroid dienone is 3. The standard InChI is InChI=1S/C22H24N2O3S/c1-4-6-7-17(3)8-13-20-23-24-22(28-20)19-11-9-18(10-12-19)16-26-14-15-27-21(25)5-2/h4-5,8-13H,1-3,6-7,14-16H2/b13-8+. The molecule has 0 saturated carbocycles. The topological polar surface area (TPSA) is 61.3 Å². The fourth-order valence-corrected chi connectivity index (χ4v) is 2.92. The highest BCUT2D eigenvalue weighted by Gasteiger charge is 2.05. The Morgan fingerprint density at radius 1 is 1.14 bits per heavy atom. The van der Waals surface area contributed by atoms with E-state index in [-0.39, 0.29) is 6.61 Å². The van der Waals surface area contributed by atoms with Crippen molar-refractivity contribution in [3.05, 3.63) is 78.4 Å². The fourth-order valence-electron chi connectivity index (χ4n) is 2.17.